The fraction of sp³-hybridized carbons (Fsp3) is 0.227. The number of benzene rings is 2. The maximum atomic E-state index is 12.7. The van der Waals surface area contributed by atoms with Gasteiger partial charge < -0.3 is 4.74 Å². The molecule has 0 saturated heterocycles. The largest absolute Gasteiger partial charge is 0.494 e. The number of thiophene rings is 1. The van der Waals surface area contributed by atoms with Crippen molar-refractivity contribution in [3.63, 3.8) is 0 Å². The lowest BCUT2D eigenvalue weighted by molar-refractivity contribution is 0.0992. The number of primary sulfonamides is 1. The lowest BCUT2D eigenvalue weighted by atomic mass is 9.97. The Balaban J connectivity index is 2.17. The van der Waals surface area contributed by atoms with Crippen LogP contribution in [0.3, 0.4) is 0 Å². The molecule has 1 heterocycles. The van der Waals surface area contributed by atoms with Crippen LogP contribution in [0.5, 0.6) is 5.75 Å². The van der Waals surface area contributed by atoms with E-state index in [9.17, 15) is 13.2 Å². The van der Waals surface area contributed by atoms with E-state index in [0.29, 0.717) is 17.9 Å². The van der Waals surface area contributed by atoms with Gasteiger partial charge in [0.2, 0.25) is 10.0 Å². The highest BCUT2D eigenvalue weighted by Gasteiger charge is 2.22. The molecule has 0 bridgehead atoms. The molecule has 0 atom stereocenters. The third-order valence-corrected chi connectivity index (χ3v) is 6.91. The summed E-state index contributed by atoms with van der Waals surface area (Å²) in [4.78, 5) is 14.4. The van der Waals surface area contributed by atoms with Gasteiger partial charge in [0.1, 0.15) is 5.75 Å². The van der Waals surface area contributed by atoms with Crippen LogP contribution in [0.1, 0.15) is 35.5 Å². The molecule has 7 heteroatoms. The second-order valence-corrected chi connectivity index (χ2v) is 9.15. The van der Waals surface area contributed by atoms with Gasteiger partial charge >= 0.3 is 0 Å². The number of nitrogens with two attached hydrogens (primary N) is 1. The number of Topliss-reactive ketones (excluding diaryl/α,β-unsaturated/α-hetero) is 1. The molecule has 0 amide bonds. The zero-order valence-electron chi connectivity index (χ0n) is 16.6. The summed E-state index contributed by atoms with van der Waals surface area (Å²) < 4.78 is 28.7. The van der Waals surface area contributed by atoms with Gasteiger partial charge in [0.05, 0.1) is 16.4 Å². The predicted octanol–water partition coefficient (Wildman–Crippen LogP) is 5.03. The van der Waals surface area contributed by atoms with E-state index in [-0.39, 0.29) is 10.7 Å². The molecular weight excluding hydrogens is 406 g/mol. The number of hydrogen-bond donors (Lipinski definition) is 1. The SMILES string of the molecule is CCOc1cccc(-c2sc(C(=O)CC)c(-c3ccc(S(N)(=O)=O)cc3)c2C)c1. The van der Waals surface area contributed by atoms with Crippen molar-refractivity contribution in [3.05, 3.63) is 59.0 Å². The van der Waals surface area contributed by atoms with E-state index < -0.39 is 10.0 Å². The standard InChI is InChI=1S/C22H23NO4S2/c1-4-19(24)22-20(15-9-11-18(12-10-15)29(23,25)26)14(3)21(28-22)16-7-6-8-17(13-16)27-5-2/h6-13H,4-5H2,1-3H3,(H2,23,25,26). The zero-order chi connectivity index (χ0) is 21.2. The van der Waals surface area contributed by atoms with Crippen molar-refractivity contribution in [2.24, 2.45) is 5.14 Å². The fourth-order valence-corrected chi connectivity index (χ4v) is 5.05. The minimum absolute atomic E-state index is 0.0436. The molecule has 3 aromatic rings. The van der Waals surface area contributed by atoms with E-state index in [1.165, 1.54) is 23.5 Å². The Morgan fingerprint density at radius 1 is 1.07 bits per heavy atom. The van der Waals surface area contributed by atoms with E-state index in [1.54, 1.807) is 12.1 Å². The fourth-order valence-electron chi connectivity index (χ4n) is 3.20. The van der Waals surface area contributed by atoms with Gasteiger partial charge in [-0.05, 0) is 54.8 Å². The quantitative estimate of drug-likeness (QED) is 0.534. The molecule has 2 N–H and O–H groups in total. The minimum Gasteiger partial charge on any atom is -0.494 e. The van der Waals surface area contributed by atoms with Crippen LogP contribution in [0.2, 0.25) is 0 Å². The summed E-state index contributed by atoms with van der Waals surface area (Å²) in [5.74, 6) is 0.830. The van der Waals surface area contributed by atoms with Gasteiger partial charge in [0.25, 0.3) is 0 Å². The van der Waals surface area contributed by atoms with Crippen molar-refractivity contribution in [2.75, 3.05) is 6.61 Å². The molecule has 0 aliphatic rings. The van der Waals surface area contributed by atoms with Gasteiger partial charge in [-0.15, -0.1) is 11.3 Å². The van der Waals surface area contributed by atoms with Gasteiger partial charge in [-0.25, -0.2) is 13.6 Å². The van der Waals surface area contributed by atoms with Crippen molar-refractivity contribution in [1.29, 1.82) is 0 Å². The van der Waals surface area contributed by atoms with E-state index in [4.69, 9.17) is 9.88 Å². The van der Waals surface area contributed by atoms with Crippen LogP contribution in [0.4, 0.5) is 0 Å². The number of carbonyl (C=O) groups is 1. The Bertz CT molecular complexity index is 1150. The summed E-state index contributed by atoms with van der Waals surface area (Å²) in [5, 5.41) is 5.20. The maximum absolute atomic E-state index is 12.7. The summed E-state index contributed by atoms with van der Waals surface area (Å²) in [5.41, 5.74) is 3.58. The number of hydrogen-bond acceptors (Lipinski definition) is 5. The molecule has 0 aliphatic heterocycles. The first-order valence-electron chi connectivity index (χ1n) is 9.29. The highest BCUT2D eigenvalue weighted by molar-refractivity contribution is 7.89. The topological polar surface area (TPSA) is 86.5 Å². The molecule has 5 nitrogen and oxygen atoms in total. The lowest BCUT2D eigenvalue weighted by Crippen LogP contribution is -2.11. The van der Waals surface area contributed by atoms with Crippen molar-refractivity contribution in [3.8, 4) is 27.3 Å². The van der Waals surface area contributed by atoms with Crippen LogP contribution in [0.25, 0.3) is 21.6 Å². The summed E-state index contributed by atoms with van der Waals surface area (Å²) >= 11 is 1.46. The summed E-state index contributed by atoms with van der Waals surface area (Å²) in [6.45, 7) is 6.33. The summed E-state index contributed by atoms with van der Waals surface area (Å²) in [6.07, 6.45) is 0.390. The molecule has 3 rings (SSSR count). The molecule has 0 aliphatic carbocycles. The Kier molecular flexibility index (Phi) is 6.21. The number of ketones is 1. The minimum atomic E-state index is -3.77. The molecule has 0 unspecified atom stereocenters. The Hall–Kier alpha value is -2.48. The molecule has 0 saturated carbocycles. The van der Waals surface area contributed by atoms with E-state index >= 15 is 0 Å². The first-order chi connectivity index (χ1) is 13.8. The Morgan fingerprint density at radius 3 is 2.34 bits per heavy atom. The van der Waals surface area contributed by atoms with Crippen molar-refractivity contribution in [1.82, 2.24) is 0 Å². The normalized spacial score (nSPS) is 11.4. The molecule has 1 aromatic heterocycles. The number of rotatable bonds is 7. The molecule has 29 heavy (non-hydrogen) atoms. The van der Waals surface area contributed by atoms with Gasteiger partial charge in [-0.2, -0.15) is 0 Å². The van der Waals surface area contributed by atoms with Crippen molar-refractivity contribution < 1.29 is 17.9 Å². The average Bonchev–Trinajstić information content (AvgIpc) is 3.04. The van der Waals surface area contributed by atoms with E-state index in [1.807, 2.05) is 45.0 Å². The molecule has 0 spiro atoms. The third-order valence-electron chi connectivity index (χ3n) is 4.60. The summed E-state index contributed by atoms with van der Waals surface area (Å²) in [7, 11) is -3.77. The maximum Gasteiger partial charge on any atom is 0.238 e. The Morgan fingerprint density at radius 2 is 1.76 bits per heavy atom. The van der Waals surface area contributed by atoms with Crippen molar-refractivity contribution >= 4 is 27.1 Å². The zero-order valence-corrected chi connectivity index (χ0v) is 18.2. The second-order valence-electron chi connectivity index (χ2n) is 6.57. The molecule has 0 fully saturated rings. The monoisotopic (exact) mass is 429 g/mol. The first kappa shape index (κ1) is 21.2. The van der Waals surface area contributed by atoms with Gasteiger partial charge in [-0.3, -0.25) is 4.79 Å². The summed E-state index contributed by atoms with van der Waals surface area (Å²) in [6, 6.07) is 14.1. The van der Waals surface area contributed by atoms with Crippen LogP contribution in [0, 0.1) is 6.92 Å². The molecular formula is C22H23NO4S2. The van der Waals surface area contributed by atoms with Gasteiger partial charge in [0, 0.05) is 16.9 Å². The smallest absolute Gasteiger partial charge is 0.238 e. The first-order valence-corrected chi connectivity index (χ1v) is 11.7. The third kappa shape index (κ3) is 4.42. The van der Waals surface area contributed by atoms with Crippen LogP contribution in [-0.4, -0.2) is 20.8 Å². The molecule has 152 valence electrons. The number of sulfonamides is 1. The van der Waals surface area contributed by atoms with Crippen molar-refractivity contribution in [2.45, 2.75) is 32.1 Å². The molecule has 0 radical (unpaired) electrons. The highest BCUT2D eigenvalue weighted by Crippen LogP contribution is 2.43. The number of carbonyl (C=O) groups excluding carboxylic acids is 1. The predicted molar refractivity (Wildman–Crippen MR) is 117 cm³/mol. The number of ether oxygens (including phenoxy) is 1. The van der Waals surface area contributed by atoms with E-state index in [0.717, 1.165) is 32.9 Å². The van der Waals surface area contributed by atoms with Crippen LogP contribution >= 0.6 is 11.3 Å². The van der Waals surface area contributed by atoms with Crippen LogP contribution in [-0.2, 0) is 10.0 Å². The van der Waals surface area contributed by atoms with Crippen LogP contribution in [0.15, 0.2) is 53.4 Å². The molecule has 2 aromatic carbocycles. The van der Waals surface area contributed by atoms with Gasteiger partial charge in [-0.1, -0.05) is 31.2 Å². The van der Waals surface area contributed by atoms with E-state index in [2.05, 4.69) is 0 Å². The van der Waals surface area contributed by atoms with Gasteiger partial charge in [0.15, 0.2) is 5.78 Å². The average molecular weight is 430 g/mol. The lowest BCUT2D eigenvalue weighted by Gasteiger charge is -2.07. The van der Waals surface area contributed by atoms with Crippen LogP contribution < -0.4 is 9.88 Å². The highest BCUT2D eigenvalue weighted by atomic mass is 32.2. The Labute approximate surface area is 175 Å². The second kappa shape index (κ2) is 8.49.